The Balaban J connectivity index is 1.43. The smallest absolute Gasteiger partial charge is 0.257 e. The Morgan fingerprint density at radius 2 is 1.41 bits per heavy atom. The summed E-state index contributed by atoms with van der Waals surface area (Å²) in [5, 5.41) is 5.90. The van der Waals surface area contributed by atoms with Gasteiger partial charge in [-0.25, -0.2) is 0 Å². The van der Waals surface area contributed by atoms with E-state index < -0.39 is 0 Å². The van der Waals surface area contributed by atoms with Crippen molar-refractivity contribution in [3.05, 3.63) is 88.0 Å². The molecule has 3 aromatic carbocycles. The molecule has 0 unspecified atom stereocenters. The Labute approximate surface area is 188 Å². The zero-order chi connectivity index (χ0) is 20.5. The van der Waals surface area contributed by atoms with Gasteiger partial charge in [-0.15, -0.1) is 0 Å². The Kier molecular flexibility index (Phi) is 7.83. The summed E-state index contributed by atoms with van der Waals surface area (Å²) in [5.74, 6) is 1.18. The summed E-state index contributed by atoms with van der Waals surface area (Å²) >= 11 is 7.42. The third kappa shape index (κ3) is 7.03. The second kappa shape index (κ2) is 10.8. The highest BCUT2D eigenvalue weighted by molar-refractivity contribution is 14.1. The molecular weight excluding hydrogens is 499 g/mol. The van der Waals surface area contributed by atoms with Crippen LogP contribution < -0.4 is 20.1 Å². The van der Waals surface area contributed by atoms with Crippen LogP contribution in [0.5, 0.6) is 11.5 Å². The summed E-state index contributed by atoms with van der Waals surface area (Å²) in [4.78, 5) is 12.3. The largest absolute Gasteiger partial charge is 0.490 e. The number of hydrogen-bond donors (Lipinski definition) is 2. The summed E-state index contributed by atoms with van der Waals surface area (Å²) in [6.07, 6.45) is 0. The topological polar surface area (TPSA) is 59.6 Å². The van der Waals surface area contributed by atoms with Gasteiger partial charge in [0.15, 0.2) is 5.11 Å². The predicted octanol–water partition coefficient (Wildman–Crippen LogP) is 4.88. The SMILES string of the molecule is O=C(NC(=S)Nc1ccc(I)cc1)c1ccc(OCCOc2ccccc2)cc1. The lowest BCUT2D eigenvalue weighted by molar-refractivity contribution is 0.0977. The van der Waals surface area contributed by atoms with E-state index in [1.807, 2.05) is 54.6 Å². The number of ether oxygens (including phenoxy) is 2. The van der Waals surface area contributed by atoms with Crippen molar-refractivity contribution in [2.24, 2.45) is 0 Å². The average Bonchev–Trinajstić information content (AvgIpc) is 2.74. The number of thiocarbonyl (C=S) groups is 1. The first-order chi connectivity index (χ1) is 14.1. The fourth-order valence-electron chi connectivity index (χ4n) is 2.41. The van der Waals surface area contributed by atoms with Crippen LogP contribution in [0.2, 0.25) is 0 Å². The summed E-state index contributed by atoms with van der Waals surface area (Å²) in [6, 6.07) is 24.1. The van der Waals surface area contributed by atoms with E-state index in [2.05, 4.69) is 33.2 Å². The number of rotatable bonds is 7. The highest BCUT2D eigenvalue weighted by Crippen LogP contribution is 2.14. The quantitative estimate of drug-likeness (QED) is 0.266. The standard InChI is InChI=1S/C22H19IN2O3S/c23-17-8-10-18(11-9-17)24-22(29)25-21(26)16-6-12-20(13-7-16)28-15-14-27-19-4-2-1-3-5-19/h1-13H,14-15H2,(H2,24,25,26,29). The van der Waals surface area contributed by atoms with Gasteiger partial charge >= 0.3 is 0 Å². The number of anilines is 1. The number of halogens is 1. The van der Waals surface area contributed by atoms with E-state index in [9.17, 15) is 4.79 Å². The minimum atomic E-state index is -0.285. The normalized spacial score (nSPS) is 10.1. The van der Waals surface area contributed by atoms with Gasteiger partial charge in [0.2, 0.25) is 0 Å². The van der Waals surface area contributed by atoms with Crippen LogP contribution in [0.15, 0.2) is 78.9 Å². The molecule has 0 saturated heterocycles. The van der Waals surface area contributed by atoms with E-state index in [-0.39, 0.29) is 11.0 Å². The van der Waals surface area contributed by atoms with Crippen molar-refractivity contribution in [1.29, 1.82) is 0 Å². The van der Waals surface area contributed by atoms with Crippen molar-refractivity contribution in [2.75, 3.05) is 18.5 Å². The van der Waals surface area contributed by atoms with Crippen LogP contribution in [-0.2, 0) is 0 Å². The number of amides is 1. The number of para-hydroxylation sites is 1. The molecule has 0 heterocycles. The number of benzene rings is 3. The zero-order valence-corrected chi connectivity index (χ0v) is 18.4. The van der Waals surface area contributed by atoms with Gasteiger partial charge < -0.3 is 14.8 Å². The van der Waals surface area contributed by atoms with Gasteiger partial charge in [-0.05, 0) is 95.5 Å². The molecule has 5 nitrogen and oxygen atoms in total. The van der Waals surface area contributed by atoms with Crippen molar-refractivity contribution in [3.8, 4) is 11.5 Å². The fraction of sp³-hybridized carbons (Fsp3) is 0.0909. The van der Waals surface area contributed by atoms with Crippen LogP contribution in [0.1, 0.15) is 10.4 Å². The molecule has 1 amide bonds. The first-order valence-corrected chi connectivity index (χ1v) is 10.4. The minimum Gasteiger partial charge on any atom is -0.490 e. The second-order valence-electron chi connectivity index (χ2n) is 5.95. The molecule has 148 valence electrons. The van der Waals surface area contributed by atoms with Crippen molar-refractivity contribution in [1.82, 2.24) is 5.32 Å². The Hall–Kier alpha value is -2.65. The van der Waals surface area contributed by atoms with E-state index in [1.54, 1.807) is 24.3 Å². The van der Waals surface area contributed by atoms with Crippen molar-refractivity contribution in [3.63, 3.8) is 0 Å². The molecule has 0 aliphatic rings. The van der Waals surface area contributed by atoms with Crippen LogP contribution in [0.25, 0.3) is 0 Å². The van der Waals surface area contributed by atoms with E-state index in [1.165, 1.54) is 0 Å². The lowest BCUT2D eigenvalue weighted by Gasteiger charge is -2.11. The molecule has 0 fully saturated rings. The molecule has 0 atom stereocenters. The minimum absolute atomic E-state index is 0.245. The molecule has 2 N–H and O–H groups in total. The van der Waals surface area contributed by atoms with Gasteiger partial charge in [-0.2, -0.15) is 0 Å². The summed E-state index contributed by atoms with van der Waals surface area (Å²) in [7, 11) is 0. The molecule has 7 heteroatoms. The highest BCUT2D eigenvalue weighted by atomic mass is 127. The Morgan fingerprint density at radius 3 is 2.03 bits per heavy atom. The third-order valence-electron chi connectivity index (χ3n) is 3.81. The van der Waals surface area contributed by atoms with Crippen LogP contribution in [-0.4, -0.2) is 24.2 Å². The molecule has 0 bridgehead atoms. The fourth-order valence-corrected chi connectivity index (χ4v) is 2.98. The number of nitrogens with one attached hydrogen (secondary N) is 2. The Morgan fingerprint density at radius 1 is 0.828 bits per heavy atom. The summed E-state index contributed by atoms with van der Waals surface area (Å²) in [5.41, 5.74) is 1.31. The van der Waals surface area contributed by atoms with Crippen molar-refractivity contribution < 1.29 is 14.3 Å². The molecule has 0 aliphatic heterocycles. The van der Waals surface area contributed by atoms with Gasteiger partial charge in [0.1, 0.15) is 24.7 Å². The van der Waals surface area contributed by atoms with Crippen LogP contribution >= 0.6 is 34.8 Å². The molecule has 29 heavy (non-hydrogen) atoms. The monoisotopic (exact) mass is 518 g/mol. The molecule has 3 aromatic rings. The van der Waals surface area contributed by atoms with Gasteiger partial charge in [-0.1, -0.05) is 18.2 Å². The molecular formula is C22H19IN2O3S. The zero-order valence-electron chi connectivity index (χ0n) is 15.4. The van der Waals surface area contributed by atoms with Crippen molar-refractivity contribution >= 4 is 51.5 Å². The van der Waals surface area contributed by atoms with E-state index in [4.69, 9.17) is 21.7 Å². The lowest BCUT2D eigenvalue weighted by atomic mass is 10.2. The average molecular weight is 518 g/mol. The van der Waals surface area contributed by atoms with Crippen LogP contribution in [0.3, 0.4) is 0 Å². The van der Waals surface area contributed by atoms with E-state index in [0.29, 0.717) is 24.5 Å². The molecule has 0 aromatic heterocycles. The molecule has 0 saturated carbocycles. The van der Waals surface area contributed by atoms with Gasteiger partial charge in [-0.3, -0.25) is 10.1 Å². The Bertz CT molecular complexity index is 948. The molecule has 0 spiro atoms. The number of carbonyl (C=O) groups is 1. The summed E-state index contributed by atoms with van der Waals surface area (Å²) in [6.45, 7) is 0.842. The van der Waals surface area contributed by atoms with Crippen molar-refractivity contribution in [2.45, 2.75) is 0 Å². The molecule has 0 aliphatic carbocycles. The van der Waals surface area contributed by atoms with E-state index >= 15 is 0 Å². The predicted molar refractivity (Wildman–Crippen MR) is 127 cm³/mol. The van der Waals surface area contributed by atoms with Crippen LogP contribution in [0, 0.1) is 3.57 Å². The maximum Gasteiger partial charge on any atom is 0.257 e. The third-order valence-corrected chi connectivity index (χ3v) is 4.73. The maximum absolute atomic E-state index is 12.3. The van der Waals surface area contributed by atoms with Crippen LogP contribution in [0.4, 0.5) is 5.69 Å². The number of hydrogen-bond acceptors (Lipinski definition) is 4. The highest BCUT2D eigenvalue weighted by Gasteiger charge is 2.08. The lowest BCUT2D eigenvalue weighted by Crippen LogP contribution is -2.34. The molecule has 3 rings (SSSR count). The van der Waals surface area contributed by atoms with Gasteiger partial charge in [0.25, 0.3) is 5.91 Å². The first kappa shape index (κ1) is 21.1. The number of carbonyl (C=O) groups excluding carboxylic acids is 1. The van der Waals surface area contributed by atoms with Gasteiger partial charge in [0.05, 0.1) is 0 Å². The second-order valence-corrected chi connectivity index (χ2v) is 7.60. The van der Waals surface area contributed by atoms with Gasteiger partial charge in [0, 0.05) is 14.8 Å². The maximum atomic E-state index is 12.3. The first-order valence-electron chi connectivity index (χ1n) is 8.89. The summed E-state index contributed by atoms with van der Waals surface area (Å²) < 4.78 is 12.3. The molecule has 0 radical (unpaired) electrons. The van der Waals surface area contributed by atoms with E-state index in [0.717, 1.165) is 15.0 Å².